The lowest BCUT2D eigenvalue weighted by Crippen LogP contribution is -2.45. The average molecular weight is 1120 g/mol. The SMILES string of the molecule is CCCCC/C=C\C/C=C\CCCCCCCC(=O)OCCCCCCCCCCCCCCCC/C=C\CCCCCCCCCCCCCCCCCCCC(=O)NC(CO)C(O)/C=C/CCCCCCCCCCCCC. The maximum Gasteiger partial charge on any atom is 0.305 e. The van der Waals surface area contributed by atoms with E-state index < -0.39 is 12.1 Å². The molecule has 0 aromatic rings. The molecule has 0 saturated carbocycles. The zero-order valence-corrected chi connectivity index (χ0v) is 53.8. The van der Waals surface area contributed by atoms with Crippen molar-refractivity contribution < 1.29 is 24.5 Å². The van der Waals surface area contributed by atoms with Crippen LogP contribution >= 0.6 is 0 Å². The summed E-state index contributed by atoms with van der Waals surface area (Å²) in [6, 6.07) is -0.625. The predicted molar refractivity (Wildman–Crippen MR) is 352 cm³/mol. The zero-order chi connectivity index (χ0) is 57.8. The largest absolute Gasteiger partial charge is 0.466 e. The number of ether oxygens (including phenoxy) is 1. The molecule has 0 spiro atoms. The van der Waals surface area contributed by atoms with Gasteiger partial charge in [0.05, 0.1) is 25.4 Å². The molecule has 0 aliphatic rings. The van der Waals surface area contributed by atoms with Crippen molar-refractivity contribution in [1.29, 1.82) is 0 Å². The minimum Gasteiger partial charge on any atom is -0.466 e. The Balaban J connectivity index is 3.35. The van der Waals surface area contributed by atoms with E-state index in [-0.39, 0.29) is 18.5 Å². The number of hydrogen-bond acceptors (Lipinski definition) is 5. The molecule has 80 heavy (non-hydrogen) atoms. The van der Waals surface area contributed by atoms with Crippen LogP contribution in [0.2, 0.25) is 0 Å². The third kappa shape index (κ3) is 65.0. The average Bonchev–Trinajstić information content (AvgIpc) is 3.46. The van der Waals surface area contributed by atoms with Crippen molar-refractivity contribution in [2.75, 3.05) is 13.2 Å². The first-order valence-corrected chi connectivity index (χ1v) is 35.9. The predicted octanol–water partition coefficient (Wildman–Crippen LogP) is 23.3. The molecule has 0 bridgehead atoms. The number of aliphatic hydroxyl groups excluding tert-OH is 2. The molecule has 0 fully saturated rings. The molecule has 2 unspecified atom stereocenters. The second-order valence-corrected chi connectivity index (χ2v) is 24.6. The Labute approximate surface area is 499 Å². The quantitative estimate of drug-likeness (QED) is 0.0320. The van der Waals surface area contributed by atoms with Gasteiger partial charge in [0.25, 0.3) is 0 Å². The summed E-state index contributed by atoms with van der Waals surface area (Å²) in [5.41, 5.74) is 0. The van der Waals surface area contributed by atoms with Gasteiger partial charge in [-0.1, -0.05) is 332 Å². The van der Waals surface area contributed by atoms with Crippen LogP contribution in [-0.2, 0) is 14.3 Å². The summed E-state index contributed by atoms with van der Waals surface area (Å²) in [5, 5.41) is 23.1. The van der Waals surface area contributed by atoms with E-state index in [2.05, 4.69) is 55.6 Å². The van der Waals surface area contributed by atoms with E-state index >= 15 is 0 Å². The fourth-order valence-corrected chi connectivity index (χ4v) is 11.1. The Kier molecular flexibility index (Phi) is 67.4. The number of unbranched alkanes of at least 4 members (excludes halogenated alkanes) is 50. The molecule has 0 heterocycles. The molecule has 470 valence electrons. The summed E-state index contributed by atoms with van der Waals surface area (Å²) in [6.45, 7) is 4.89. The highest BCUT2D eigenvalue weighted by Crippen LogP contribution is 2.18. The number of esters is 1. The fraction of sp³-hybridized carbons (Fsp3) is 0.865. The van der Waals surface area contributed by atoms with Crippen LogP contribution in [0, 0.1) is 0 Å². The van der Waals surface area contributed by atoms with Crippen LogP contribution in [0.3, 0.4) is 0 Å². The Morgan fingerprint density at radius 1 is 0.350 bits per heavy atom. The van der Waals surface area contributed by atoms with Crippen LogP contribution in [0.4, 0.5) is 0 Å². The van der Waals surface area contributed by atoms with Gasteiger partial charge in [0.1, 0.15) is 0 Å². The zero-order valence-electron chi connectivity index (χ0n) is 53.8. The minimum absolute atomic E-state index is 0.00595. The first kappa shape index (κ1) is 77.8. The number of aliphatic hydroxyl groups is 2. The molecular weight excluding hydrogens is 983 g/mol. The van der Waals surface area contributed by atoms with Crippen molar-refractivity contribution in [3.05, 3.63) is 48.6 Å². The second kappa shape index (κ2) is 69.3. The molecule has 0 saturated heterocycles. The van der Waals surface area contributed by atoms with Crippen LogP contribution in [0.5, 0.6) is 0 Å². The highest BCUT2D eigenvalue weighted by Gasteiger charge is 2.18. The minimum atomic E-state index is -0.841. The van der Waals surface area contributed by atoms with E-state index in [1.807, 2.05) is 6.08 Å². The Hall–Kier alpha value is -2.18. The molecule has 3 N–H and O–H groups in total. The standard InChI is InChI=1S/C74H139NO5/c1-3-5-7-9-11-13-15-17-39-44-48-52-56-60-64-68-74(79)80-69-65-61-57-53-49-45-41-38-36-34-32-30-28-26-24-22-20-18-19-21-23-25-27-29-31-33-35-37-40-43-47-51-55-59-63-67-73(78)75-71(70-76)72(77)66-62-58-54-50-46-42-16-14-12-10-8-6-4-2/h11,13,17,20,22,39,62,66,71-72,76-77H,3-10,12,14-16,18-19,21,23-38,40-61,63-65,67-70H2,1-2H3,(H,75,78)/b13-11-,22-20-,39-17-,66-62+. The number of amides is 1. The second-order valence-electron chi connectivity index (χ2n) is 24.6. The molecular formula is C74H139NO5. The Morgan fingerprint density at radius 2 is 0.625 bits per heavy atom. The van der Waals surface area contributed by atoms with Crippen molar-refractivity contribution in [3.8, 4) is 0 Å². The lowest BCUT2D eigenvalue weighted by Gasteiger charge is -2.20. The van der Waals surface area contributed by atoms with Crippen molar-refractivity contribution in [2.45, 2.75) is 398 Å². The Bertz CT molecular complexity index is 1340. The van der Waals surface area contributed by atoms with E-state index in [9.17, 15) is 19.8 Å². The highest BCUT2D eigenvalue weighted by atomic mass is 16.5. The van der Waals surface area contributed by atoms with Gasteiger partial charge in [-0.2, -0.15) is 0 Å². The molecule has 0 aromatic carbocycles. The number of nitrogens with one attached hydrogen (secondary N) is 1. The van der Waals surface area contributed by atoms with Crippen molar-refractivity contribution in [3.63, 3.8) is 0 Å². The van der Waals surface area contributed by atoms with Crippen LogP contribution in [0.15, 0.2) is 48.6 Å². The third-order valence-electron chi connectivity index (χ3n) is 16.6. The van der Waals surface area contributed by atoms with Gasteiger partial charge in [-0.3, -0.25) is 9.59 Å². The summed E-state index contributed by atoms with van der Waals surface area (Å²) >= 11 is 0. The first-order chi connectivity index (χ1) is 39.5. The molecule has 1 amide bonds. The number of allylic oxidation sites excluding steroid dienone is 7. The summed E-state index contributed by atoms with van der Waals surface area (Å²) in [4.78, 5) is 24.5. The van der Waals surface area contributed by atoms with E-state index in [1.54, 1.807) is 6.08 Å². The summed E-state index contributed by atoms with van der Waals surface area (Å²) in [6.07, 6.45) is 90.7. The maximum absolute atomic E-state index is 12.5. The third-order valence-corrected chi connectivity index (χ3v) is 16.6. The number of hydrogen-bond donors (Lipinski definition) is 3. The molecule has 0 radical (unpaired) electrons. The van der Waals surface area contributed by atoms with Crippen LogP contribution in [0.25, 0.3) is 0 Å². The molecule has 6 nitrogen and oxygen atoms in total. The van der Waals surface area contributed by atoms with Gasteiger partial charge in [0.15, 0.2) is 0 Å². The van der Waals surface area contributed by atoms with Crippen LogP contribution in [-0.4, -0.2) is 47.4 Å². The molecule has 0 aromatic heterocycles. The molecule has 0 aliphatic heterocycles. The van der Waals surface area contributed by atoms with Gasteiger partial charge in [0, 0.05) is 12.8 Å². The molecule has 2 atom stereocenters. The fourth-order valence-electron chi connectivity index (χ4n) is 11.1. The summed E-state index contributed by atoms with van der Waals surface area (Å²) in [5.74, 6) is -0.0575. The van der Waals surface area contributed by atoms with Gasteiger partial charge >= 0.3 is 5.97 Å². The maximum atomic E-state index is 12.5. The summed E-state index contributed by atoms with van der Waals surface area (Å²) in [7, 11) is 0. The van der Waals surface area contributed by atoms with E-state index in [0.29, 0.717) is 19.4 Å². The lowest BCUT2D eigenvalue weighted by molar-refractivity contribution is -0.143. The molecule has 6 heteroatoms. The lowest BCUT2D eigenvalue weighted by atomic mass is 10.0. The number of rotatable bonds is 67. The Morgan fingerprint density at radius 3 is 0.988 bits per heavy atom. The van der Waals surface area contributed by atoms with Crippen molar-refractivity contribution in [2.24, 2.45) is 0 Å². The van der Waals surface area contributed by atoms with E-state index in [1.165, 1.54) is 308 Å². The van der Waals surface area contributed by atoms with Gasteiger partial charge < -0.3 is 20.3 Å². The van der Waals surface area contributed by atoms with Crippen LogP contribution < -0.4 is 5.32 Å². The van der Waals surface area contributed by atoms with Gasteiger partial charge in [0.2, 0.25) is 5.91 Å². The normalized spacial score (nSPS) is 12.8. The van der Waals surface area contributed by atoms with E-state index in [4.69, 9.17) is 4.74 Å². The molecule has 0 rings (SSSR count). The highest BCUT2D eigenvalue weighted by molar-refractivity contribution is 5.76. The monoisotopic (exact) mass is 1120 g/mol. The smallest absolute Gasteiger partial charge is 0.305 e. The first-order valence-electron chi connectivity index (χ1n) is 35.9. The van der Waals surface area contributed by atoms with E-state index in [0.717, 1.165) is 51.4 Å². The number of carbonyl (C=O) groups is 2. The van der Waals surface area contributed by atoms with Crippen molar-refractivity contribution in [1.82, 2.24) is 5.32 Å². The van der Waals surface area contributed by atoms with Gasteiger partial charge in [-0.25, -0.2) is 0 Å². The van der Waals surface area contributed by atoms with Crippen LogP contribution in [0.1, 0.15) is 386 Å². The topological polar surface area (TPSA) is 95.9 Å². The van der Waals surface area contributed by atoms with Crippen molar-refractivity contribution >= 4 is 11.9 Å². The van der Waals surface area contributed by atoms with Gasteiger partial charge in [-0.15, -0.1) is 0 Å². The van der Waals surface area contributed by atoms with Gasteiger partial charge in [-0.05, 0) is 89.9 Å². The number of carbonyl (C=O) groups excluding carboxylic acids is 2. The molecule has 0 aliphatic carbocycles. The summed E-state index contributed by atoms with van der Waals surface area (Å²) < 4.78 is 5.49.